The molecule has 0 saturated carbocycles. The Kier molecular flexibility index (Phi) is 7.07. The van der Waals surface area contributed by atoms with E-state index in [1.54, 1.807) is 13.2 Å². The van der Waals surface area contributed by atoms with Gasteiger partial charge in [-0.2, -0.15) is 4.98 Å². The molecule has 3 heterocycles. The van der Waals surface area contributed by atoms with E-state index < -0.39 is 0 Å². The molecular weight excluding hydrogens is 502 g/mol. The van der Waals surface area contributed by atoms with Crippen LogP contribution in [0.15, 0.2) is 71.3 Å². The molecule has 0 atom stereocenters. The second kappa shape index (κ2) is 11.0. The minimum Gasteiger partial charge on any atom is -0.497 e. The molecule has 0 N–H and O–H groups in total. The fourth-order valence-corrected chi connectivity index (χ4v) is 5.37. The third-order valence-corrected chi connectivity index (χ3v) is 7.38. The number of rotatable bonds is 6. The fraction of sp³-hybridized carbons (Fsp3) is 0.312. The summed E-state index contributed by atoms with van der Waals surface area (Å²) in [5.74, 6) is 2.65. The molecule has 0 unspecified atom stereocenters. The van der Waals surface area contributed by atoms with Gasteiger partial charge >= 0.3 is 0 Å². The zero-order valence-electron chi connectivity index (χ0n) is 23.1. The van der Waals surface area contributed by atoms with Crippen molar-refractivity contribution in [3.05, 3.63) is 78.1 Å². The van der Waals surface area contributed by atoms with Crippen molar-refractivity contribution in [2.75, 3.05) is 38.2 Å². The highest BCUT2D eigenvalue weighted by Crippen LogP contribution is 2.35. The average Bonchev–Trinajstić information content (AvgIpc) is 3.24. The number of anilines is 1. The lowest BCUT2D eigenvalue weighted by Gasteiger charge is -2.24. The Morgan fingerprint density at radius 3 is 2.62 bits per heavy atom. The lowest BCUT2D eigenvalue weighted by molar-refractivity contribution is 0.0766. The maximum atomic E-state index is 13.4. The van der Waals surface area contributed by atoms with Crippen LogP contribution in [0.1, 0.15) is 36.5 Å². The Bertz CT molecular complexity index is 1680. The molecule has 8 nitrogen and oxygen atoms in total. The molecule has 40 heavy (non-hydrogen) atoms. The van der Waals surface area contributed by atoms with Crippen LogP contribution in [0.5, 0.6) is 5.75 Å². The van der Waals surface area contributed by atoms with Crippen molar-refractivity contribution in [2.24, 2.45) is 5.92 Å². The number of carbonyl (C=O) groups excluding carboxylic acids is 1. The van der Waals surface area contributed by atoms with E-state index >= 15 is 0 Å². The van der Waals surface area contributed by atoms with E-state index in [9.17, 15) is 4.79 Å². The number of amides is 1. The summed E-state index contributed by atoms with van der Waals surface area (Å²) in [6.45, 7) is 6.96. The van der Waals surface area contributed by atoms with Gasteiger partial charge in [0.05, 0.1) is 7.11 Å². The topological polar surface area (TPSA) is 84.6 Å². The number of methoxy groups -OCH3 is 1. The molecule has 0 spiro atoms. The quantitative estimate of drug-likeness (QED) is 0.264. The highest BCUT2D eigenvalue weighted by molar-refractivity contribution is 6.00. The van der Waals surface area contributed by atoms with Crippen molar-refractivity contribution in [1.29, 1.82) is 0 Å². The Morgan fingerprint density at radius 1 is 0.950 bits per heavy atom. The Hall–Kier alpha value is -4.46. The smallest absolute Gasteiger partial charge is 0.263 e. The van der Waals surface area contributed by atoms with Crippen LogP contribution in [-0.4, -0.2) is 59.2 Å². The van der Waals surface area contributed by atoms with Gasteiger partial charge in [-0.25, -0.2) is 4.98 Å². The molecule has 1 fully saturated rings. The van der Waals surface area contributed by atoms with E-state index in [0.29, 0.717) is 42.6 Å². The minimum atomic E-state index is 0.0101. The second-order valence-corrected chi connectivity index (χ2v) is 10.7. The maximum absolute atomic E-state index is 13.4. The molecule has 1 aliphatic heterocycles. The van der Waals surface area contributed by atoms with E-state index in [-0.39, 0.29) is 5.91 Å². The van der Waals surface area contributed by atoms with Crippen molar-refractivity contribution >= 4 is 33.6 Å². The number of ether oxygens (including phenoxy) is 1. The molecule has 3 aromatic carbocycles. The number of fused-ring (bicyclic) bond motifs is 2. The summed E-state index contributed by atoms with van der Waals surface area (Å²) in [6, 6.07) is 21.9. The van der Waals surface area contributed by atoms with Gasteiger partial charge in [0.15, 0.2) is 0 Å². The first-order valence-corrected chi connectivity index (χ1v) is 13.8. The summed E-state index contributed by atoms with van der Waals surface area (Å²) >= 11 is 0. The van der Waals surface area contributed by atoms with E-state index in [4.69, 9.17) is 19.2 Å². The molecular formula is C32H33N5O3. The number of nitrogens with zero attached hydrogens (tertiary/aromatic N) is 5. The molecule has 0 aliphatic carbocycles. The van der Waals surface area contributed by atoms with Crippen molar-refractivity contribution in [3.8, 4) is 17.0 Å². The summed E-state index contributed by atoms with van der Waals surface area (Å²) in [4.78, 5) is 27.4. The Labute approximate surface area is 233 Å². The van der Waals surface area contributed by atoms with Crippen LogP contribution >= 0.6 is 0 Å². The zero-order valence-corrected chi connectivity index (χ0v) is 23.1. The highest BCUT2D eigenvalue weighted by Gasteiger charge is 2.26. The normalized spacial score (nSPS) is 14.2. The summed E-state index contributed by atoms with van der Waals surface area (Å²) in [6.07, 6.45) is 1.56. The minimum absolute atomic E-state index is 0.0101. The van der Waals surface area contributed by atoms with Crippen molar-refractivity contribution in [3.63, 3.8) is 0 Å². The van der Waals surface area contributed by atoms with Crippen LogP contribution < -0.4 is 9.64 Å². The largest absolute Gasteiger partial charge is 0.497 e. The highest BCUT2D eigenvalue weighted by atomic mass is 16.5. The third kappa shape index (κ3) is 5.09. The molecule has 0 bridgehead atoms. The van der Waals surface area contributed by atoms with Crippen LogP contribution in [0.4, 0.5) is 5.82 Å². The first-order valence-electron chi connectivity index (χ1n) is 13.8. The standard InChI is InChI=1S/C32H33N5O3/c1-21(2)18-27-33-30(36-14-7-15-37(17-16-36)32(38)25-10-6-11-26(20-25)39-3)28-29(35-40-31(28)34-27)24-13-12-22-8-4-5-9-23(22)19-24/h4-6,8-13,19-21H,7,14-18H2,1-3H3. The van der Waals surface area contributed by atoms with Crippen LogP contribution in [-0.2, 0) is 6.42 Å². The Morgan fingerprint density at radius 2 is 1.80 bits per heavy atom. The molecule has 204 valence electrons. The predicted octanol–water partition coefficient (Wildman–Crippen LogP) is 6.00. The molecule has 2 aromatic heterocycles. The number of aromatic nitrogens is 3. The van der Waals surface area contributed by atoms with E-state index in [0.717, 1.165) is 53.1 Å². The third-order valence-electron chi connectivity index (χ3n) is 7.38. The van der Waals surface area contributed by atoms with Crippen molar-refractivity contribution < 1.29 is 14.1 Å². The van der Waals surface area contributed by atoms with Gasteiger partial charge in [0, 0.05) is 43.7 Å². The molecule has 0 radical (unpaired) electrons. The average molecular weight is 536 g/mol. The van der Waals surface area contributed by atoms with Crippen LogP contribution in [0.2, 0.25) is 0 Å². The van der Waals surface area contributed by atoms with Crippen LogP contribution in [0, 0.1) is 5.92 Å². The lowest BCUT2D eigenvalue weighted by atomic mass is 10.0. The van der Waals surface area contributed by atoms with Gasteiger partial charge in [0.2, 0.25) is 0 Å². The monoisotopic (exact) mass is 535 g/mol. The number of hydrogen-bond donors (Lipinski definition) is 0. The van der Waals surface area contributed by atoms with Gasteiger partial charge in [-0.15, -0.1) is 0 Å². The van der Waals surface area contributed by atoms with E-state index in [1.807, 2.05) is 35.2 Å². The summed E-state index contributed by atoms with van der Waals surface area (Å²) in [5.41, 5.74) is 2.83. The Balaban J connectivity index is 1.36. The molecule has 1 aliphatic rings. The zero-order chi connectivity index (χ0) is 27.6. The molecule has 6 rings (SSSR count). The first-order chi connectivity index (χ1) is 19.5. The first kappa shape index (κ1) is 25.8. The van der Waals surface area contributed by atoms with Gasteiger partial charge < -0.3 is 19.1 Å². The second-order valence-electron chi connectivity index (χ2n) is 10.7. The van der Waals surface area contributed by atoms with Gasteiger partial charge in [-0.1, -0.05) is 61.5 Å². The molecule has 8 heteroatoms. The molecule has 1 amide bonds. The van der Waals surface area contributed by atoms with Gasteiger partial charge in [-0.3, -0.25) is 4.79 Å². The van der Waals surface area contributed by atoms with Crippen molar-refractivity contribution in [1.82, 2.24) is 20.0 Å². The molecule has 1 saturated heterocycles. The summed E-state index contributed by atoms with van der Waals surface area (Å²) < 4.78 is 11.2. The van der Waals surface area contributed by atoms with Gasteiger partial charge in [0.1, 0.15) is 28.5 Å². The fourth-order valence-electron chi connectivity index (χ4n) is 5.37. The van der Waals surface area contributed by atoms with E-state index in [1.165, 1.54) is 5.39 Å². The van der Waals surface area contributed by atoms with Crippen molar-refractivity contribution in [2.45, 2.75) is 26.7 Å². The lowest BCUT2D eigenvalue weighted by Crippen LogP contribution is -2.35. The number of hydrogen-bond acceptors (Lipinski definition) is 7. The number of carbonyl (C=O) groups is 1. The maximum Gasteiger partial charge on any atom is 0.263 e. The van der Waals surface area contributed by atoms with Gasteiger partial charge in [0.25, 0.3) is 11.6 Å². The van der Waals surface area contributed by atoms with Crippen LogP contribution in [0.3, 0.4) is 0 Å². The SMILES string of the molecule is COc1cccc(C(=O)N2CCCN(c3nc(CC(C)C)nc4onc(-c5ccc6ccccc6c5)c34)CC2)c1. The number of benzene rings is 3. The summed E-state index contributed by atoms with van der Waals surface area (Å²) in [5, 5.41) is 7.61. The summed E-state index contributed by atoms with van der Waals surface area (Å²) in [7, 11) is 1.61. The van der Waals surface area contributed by atoms with Gasteiger partial charge in [-0.05, 0) is 47.4 Å². The molecule has 5 aromatic rings. The van der Waals surface area contributed by atoms with E-state index in [2.05, 4.69) is 54.2 Å². The van der Waals surface area contributed by atoms with Crippen LogP contribution in [0.25, 0.3) is 33.1 Å². The predicted molar refractivity (Wildman–Crippen MR) is 157 cm³/mol.